The standard InChI is InChI=1S/C11H11F2N3O.ClH/c1-7-4-9(17-15-7)10-14-2-3-16(10)6-8-5-11(8,12)13;/h2-4,8H,5-6H2,1H3;1H. The van der Waals surface area contributed by atoms with Gasteiger partial charge in [-0.25, -0.2) is 13.8 Å². The Hall–Kier alpha value is -1.43. The van der Waals surface area contributed by atoms with Crippen molar-refractivity contribution in [1.82, 2.24) is 14.7 Å². The molecule has 18 heavy (non-hydrogen) atoms. The summed E-state index contributed by atoms with van der Waals surface area (Å²) < 4.78 is 32.5. The van der Waals surface area contributed by atoms with E-state index in [1.54, 1.807) is 30.0 Å². The minimum atomic E-state index is -2.52. The molecule has 1 saturated carbocycles. The first-order valence-corrected chi connectivity index (χ1v) is 5.39. The Morgan fingerprint density at radius 2 is 2.28 bits per heavy atom. The molecule has 2 aromatic heterocycles. The summed E-state index contributed by atoms with van der Waals surface area (Å²) in [6.07, 6.45) is 3.22. The second-order valence-electron chi connectivity index (χ2n) is 4.40. The van der Waals surface area contributed by atoms with Crippen LogP contribution in [-0.2, 0) is 6.54 Å². The number of hydrogen-bond donors (Lipinski definition) is 0. The van der Waals surface area contributed by atoms with Gasteiger partial charge < -0.3 is 9.09 Å². The molecule has 0 amide bonds. The molecule has 1 atom stereocenters. The van der Waals surface area contributed by atoms with Gasteiger partial charge in [-0.05, 0) is 6.92 Å². The van der Waals surface area contributed by atoms with E-state index in [9.17, 15) is 8.78 Å². The lowest BCUT2D eigenvalue weighted by Crippen LogP contribution is -2.05. The zero-order valence-corrected chi connectivity index (χ0v) is 10.5. The van der Waals surface area contributed by atoms with Crippen LogP contribution in [0, 0.1) is 12.8 Å². The maximum Gasteiger partial charge on any atom is 0.253 e. The number of nitrogens with zero attached hydrogens (tertiary/aromatic N) is 3. The van der Waals surface area contributed by atoms with Crippen LogP contribution in [0.1, 0.15) is 12.1 Å². The average molecular weight is 276 g/mol. The summed E-state index contributed by atoms with van der Waals surface area (Å²) in [4.78, 5) is 4.11. The molecule has 0 spiro atoms. The van der Waals surface area contributed by atoms with Crippen molar-refractivity contribution in [1.29, 1.82) is 0 Å². The van der Waals surface area contributed by atoms with Crippen LogP contribution in [-0.4, -0.2) is 20.6 Å². The number of alkyl halides is 2. The lowest BCUT2D eigenvalue weighted by Gasteiger charge is -2.04. The Morgan fingerprint density at radius 1 is 1.56 bits per heavy atom. The van der Waals surface area contributed by atoms with Crippen molar-refractivity contribution in [2.24, 2.45) is 5.92 Å². The summed E-state index contributed by atoms with van der Waals surface area (Å²) in [5.74, 6) is -2.04. The minimum Gasteiger partial charge on any atom is -0.353 e. The van der Waals surface area contributed by atoms with Crippen LogP contribution in [0.5, 0.6) is 0 Å². The molecule has 0 radical (unpaired) electrons. The van der Waals surface area contributed by atoms with Crippen LogP contribution >= 0.6 is 12.4 Å². The summed E-state index contributed by atoms with van der Waals surface area (Å²) in [6.45, 7) is 2.07. The molecule has 4 nitrogen and oxygen atoms in total. The van der Waals surface area contributed by atoms with E-state index in [4.69, 9.17) is 4.52 Å². The van der Waals surface area contributed by atoms with Gasteiger partial charge in [-0.2, -0.15) is 0 Å². The highest BCUT2D eigenvalue weighted by Gasteiger charge is 2.56. The van der Waals surface area contributed by atoms with Crippen molar-refractivity contribution in [3.63, 3.8) is 0 Å². The van der Waals surface area contributed by atoms with Gasteiger partial charge in [-0.1, -0.05) is 5.16 Å². The quantitative estimate of drug-likeness (QED) is 0.865. The minimum absolute atomic E-state index is 0. The fourth-order valence-corrected chi connectivity index (χ4v) is 1.86. The molecular weight excluding hydrogens is 264 g/mol. The van der Waals surface area contributed by atoms with Crippen LogP contribution in [0.15, 0.2) is 23.0 Å². The van der Waals surface area contributed by atoms with Gasteiger partial charge in [0.15, 0.2) is 5.82 Å². The first-order valence-electron chi connectivity index (χ1n) is 5.39. The molecule has 7 heteroatoms. The fourth-order valence-electron chi connectivity index (χ4n) is 1.86. The molecule has 98 valence electrons. The van der Waals surface area contributed by atoms with Crippen LogP contribution in [0.3, 0.4) is 0 Å². The zero-order chi connectivity index (χ0) is 12.0. The van der Waals surface area contributed by atoms with Gasteiger partial charge in [0.1, 0.15) is 0 Å². The molecule has 2 aromatic rings. The van der Waals surface area contributed by atoms with Crippen molar-refractivity contribution in [3.8, 4) is 11.6 Å². The largest absolute Gasteiger partial charge is 0.353 e. The number of halogens is 3. The normalized spacial score (nSPS) is 20.5. The molecule has 1 fully saturated rings. The number of aromatic nitrogens is 3. The molecule has 3 rings (SSSR count). The van der Waals surface area contributed by atoms with Gasteiger partial charge in [0.25, 0.3) is 5.92 Å². The van der Waals surface area contributed by atoms with Gasteiger partial charge >= 0.3 is 0 Å². The molecule has 0 aromatic carbocycles. The van der Waals surface area contributed by atoms with E-state index in [1.165, 1.54) is 0 Å². The van der Waals surface area contributed by atoms with Crippen LogP contribution in [0.4, 0.5) is 8.78 Å². The third kappa shape index (κ3) is 2.25. The van der Waals surface area contributed by atoms with Gasteiger partial charge in [0, 0.05) is 37.3 Å². The number of hydrogen-bond acceptors (Lipinski definition) is 3. The number of rotatable bonds is 3. The summed E-state index contributed by atoms with van der Waals surface area (Å²) >= 11 is 0. The lowest BCUT2D eigenvalue weighted by molar-refractivity contribution is 0.0952. The Bertz CT molecular complexity index is 552. The van der Waals surface area contributed by atoms with Gasteiger partial charge in [-0.3, -0.25) is 0 Å². The van der Waals surface area contributed by atoms with Crippen molar-refractivity contribution in [2.45, 2.75) is 25.8 Å². The van der Waals surface area contributed by atoms with E-state index in [0.717, 1.165) is 5.69 Å². The molecule has 1 aliphatic rings. The first-order chi connectivity index (χ1) is 8.06. The predicted molar refractivity (Wildman–Crippen MR) is 62.8 cm³/mol. The number of imidazole rings is 1. The highest BCUT2D eigenvalue weighted by molar-refractivity contribution is 5.85. The zero-order valence-electron chi connectivity index (χ0n) is 9.64. The molecule has 0 aliphatic heterocycles. The molecular formula is C11H12ClF2N3O. The SMILES string of the molecule is Cc1cc(-c2nccn2CC2CC2(F)F)on1.Cl. The molecule has 0 N–H and O–H groups in total. The van der Waals surface area contributed by atoms with E-state index in [0.29, 0.717) is 11.6 Å². The second kappa shape index (κ2) is 4.35. The smallest absolute Gasteiger partial charge is 0.253 e. The molecule has 1 aliphatic carbocycles. The second-order valence-corrected chi connectivity index (χ2v) is 4.40. The summed E-state index contributed by atoms with van der Waals surface area (Å²) in [7, 11) is 0. The third-order valence-electron chi connectivity index (χ3n) is 2.94. The van der Waals surface area contributed by atoms with Crippen LogP contribution < -0.4 is 0 Å². The Kier molecular flexibility index (Phi) is 3.14. The molecule has 0 saturated heterocycles. The first kappa shape index (κ1) is 13.0. The third-order valence-corrected chi connectivity index (χ3v) is 2.94. The molecule has 2 heterocycles. The molecule has 0 bridgehead atoms. The topological polar surface area (TPSA) is 43.9 Å². The monoisotopic (exact) mass is 275 g/mol. The fraction of sp³-hybridized carbons (Fsp3) is 0.455. The van der Waals surface area contributed by atoms with Gasteiger partial charge in [0.05, 0.1) is 5.69 Å². The Morgan fingerprint density at radius 3 is 2.83 bits per heavy atom. The Balaban J connectivity index is 0.00000120. The highest BCUT2D eigenvalue weighted by atomic mass is 35.5. The van der Waals surface area contributed by atoms with Crippen LogP contribution in [0.2, 0.25) is 0 Å². The summed E-state index contributed by atoms with van der Waals surface area (Å²) in [6, 6.07) is 1.74. The molecule has 1 unspecified atom stereocenters. The van der Waals surface area contributed by atoms with E-state index in [-0.39, 0.29) is 25.4 Å². The lowest BCUT2D eigenvalue weighted by atomic mass is 10.3. The van der Waals surface area contributed by atoms with E-state index in [1.807, 2.05) is 0 Å². The van der Waals surface area contributed by atoms with Crippen molar-refractivity contribution in [3.05, 3.63) is 24.2 Å². The van der Waals surface area contributed by atoms with Crippen molar-refractivity contribution >= 4 is 12.4 Å². The maximum absolute atomic E-state index is 12.9. The van der Waals surface area contributed by atoms with Gasteiger partial charge in [0.2, 0.25) is 5.76 Å². The summed E-state index contributed by atoms with van der Waals surface area (Å²) in [5, 5.41) is 3.76. The van der Waals surface area contributed by atoms with Crippen molar-refractivity contribution < 1.29 is 13.3 Å². The Labute approximate surface area is 108 Å². The van der Waals surface area contributed by atoms with Gasteiger partial charge in [-0.15, -0.1) is 12.4 Å². The van der Waals surface area contributed by atoms with E-state index in [2.05, 4.69) is 10.1 Å². The summed E-state index contributed by atoms with van der Waals surface area (Å²) in [5.41, 5.74) is 0.742. The maximum atomic E-state index is 12.9. The van der Waals surface area contributed by atoms with Crippen molar-refractivity contribution in [2.75, 3.05) is 0 Å². The predicted octanol–water partition coefficient (Wildman–Crippen LogP) is 2.92. The highest BCUT2D eigenvalue weighted by Crippen LogP contribution is 2.49. The van der Waals surface area contributed by atoms with Crippen LogP contribution in [0.25, 0.3) is 11.6 Å². The van der Waals surface area contributed by atoms with E-state index >= 15 is 0 Å². The average Bonchev–Trinajstić information content (AvgIpc) is 2.70. The number of aryl methyl sites for hydroxylation is 1. The van der Waals surface area contributed by atoms with E-state index < -0.39 is 11.8 Å².